The molecule has 0 bridgehead atoms. The third-order valence-corrected chi connectivity index (χ3v) is 3.40. The monoisotopic (exact) mass is 343 g/mol. The van der Waals surface area contributed by atoms with Crippen LogP contribution in [0.25, 0.3) is 0 Å². The van der Waals surface area contributed by atoms with Crippen molar-refractivity contribution >= 4 is 17.6 Å². The van der Waals surface area contributed by atoms with Crippen molar-refractivity contribution in [2.24, 2.45) is 0 Å². The highest BCUT2D eigenvalue weighted by molar-refractivity contribution is 6.05. The van der Waals surface area contributed by atoms with E-state index >= 15 is 0 Å². The van der Waals surface area contributed by atoms with Crippen molar-refractivity contribution in [1.82, 2.24) is 0 Å². The first-order chi connectivity index (χ1) is 12.0. The Labute approximate surface area is 146 Å². The summed E-state index contributed by atoms with van der Waals surface area (Å²) in [6.07, 6.45) is -0.715. The Bertz CT molecular complexity index is 727. The average Bonchev–Trinajstić information content (AvgIpc) is 2.63. The van der Waals surface area contributed by atoms with Crippen molar-refractivity contribution in [3.8, 4) is 11.5 Å². The van der Waals surface area contributed by atoms with E-state index in [0.717, 1.165) is 0 Å². The Balaban J connectivity index is 2.01. The third kappa shape index (κ3) is 4.97. The summed E-state index contributed by atoms with van der Waals surface area (Å²) in [6.45, 7) is 3.65. The number of para-hydroxylation sites is 2. The number of hydrogen-bond donors (Lipinski definition) is 1. The van der Waals surface area contributed by atoms with Crippen LogP contribution < -0.4 is 14.8 Å². The fourth-order valence-electron chi connectivity index (χ4n) is 2.14. The van der Waals surface area contributed by atoms with Gasteiger partial charge in [-0.25, -0.2) is 4.79 Å². The minimum atomic E-state index is -0.715. The van der Waals surface area contributed by atoms with Crippen molar-refractivity contribution in [2.45, 2.75) is 20.0 Å². The lowest BCUT2D eigenvalue weighted by Crippen LogP contribution is -2.26. The maximum atomic E-state index is 12.3. The lowest BCUT2D eigenvalue weighted by Gasteiger charge is -2.14. The zero-order valence-corrected chi connectivity index (χ0v) is 14.4. The highest BCUT2D eigenvalue weighted by Gasteiger charge is 2.16. The summed E-state index contributed by atoms with van der Waals surface area (Å²) in [7, 11) is 1.54. The van der Waals surface area contributed by atoms with Crippen LogP contribution in [0, 0.1) is 0 Å². The van der Waals surface area contributed by atoms with Gasteiger partial charge in [-0.15, -0.1) is 0 Å². The smallest absolute Gasteiger partial charge is 0.347 e. The molecule has 1 unspecified atom stereocenters. The van der Waals surface area contributed by atoms with Crippen LogP contribution in [0.15, 0.2) is 48.5 Å². The van der Waals surface area contributed by atoms with E-state index in [4.69, 9.17) is 14.2 Å². The minimum absolute atomic E-state index is 0.269. The number of carbonyl (C=O) groups excluding carboxylic acids is 2. The summed E-state index contributed by atoms with van der Waals surface area (Å²) in [4.78, 5) is 23.9. The van der Waals surface area contributed by atoms with Crippen molar-refractivity contribution in [1.29, 1.82) is 0 Å². The van der Waals surface area contributed by atoms with Gasteiger partial charge >= 0.3 is 5.97 Å². The molecule has 1 N–H and O–H groups in total. The number of carbonyl (C=O) groups is 2. The van der Waals surface area contributed by atoms with Crippen LogP contribution in [0.3, 0.4) is 0 Å². The van der Waals surface area contributed by atoms with E-state index in [1.165, 1.54) is 0 Å². The molecular weight excluding hydrogens is 322 g/mol. The van der Waals surface area contributed by atoms with Crippen LogP contribution >= 0.6 is 0 Å². The van der Waals surface area contributed by atoms with E-state index in [2.05, 4.69) is 5.32 Å². The number of nitrogens with one attached hydrogen (secondary N) is 1. The van der Waals surface area contributed by atoms with Crippen LogP contribution in [-0.4, -0.2) is 31.7 Å². The highest BCUT2D eigenvalue weighted by atomic mass is 16.6. The molecule has 0 heterocycles. The Kier molecular flexibility index (Phi) is 6.39. The predicted octanol–water partition coefficient (Wildman–Crippen LogP) is 3.28. The molecule has 0 aromatic heterocycles. The number of esters is 1. The molecule has 0 fully saturated rings. The van der Waals surface area contributed by atoms with Crippen LogP contribution in [0.4, 0.5) is 5.69 Å². The maximum Gasteiger partial charge on any atom is 0.347 e. The summed E-state index contributed by atoms with van der Waals surface area (Å²) in [5.41, 5.74) is 1.05. The molecule has 0 saturated heterocycles. The summed E-state index contributed by atoms with van der Waals surface area (Å²) in [5.74, 6) is 0.364. The predicted molar refractivity (Wildman–Crippen MR) is 94.1 cm³/mol. The van der Waals surface area contributed by atoms with Crippen LogP contribution in [0.1, 0.15) is 24.2 Å². The maximum absolute atomic E-state index is 12.3. The first-order valence-corrected chi connectivity index (χ1v) is 7.93. The molecule has 6 heteroatoms. The fourth-order valence-corrected chi connectivity index (χ4v) is 2.14. The Hall–Kier alpha value is -3.02. The first-order valence-electron chi connectivity index (χ1n) is 7.93. The second kappa shape index (κ2) is 8.73. The number of methoxy groups -OCH3 is 1. The lowest BCUT2D eigenvalue weighted by atomic mass is 10.2. The van der Waals surface area contributed by atoms with Gasteiger partial charge in [0, 0.05) is 5.56 Å². The largest absolute Gasteiger partial charge is 0.495 e. The summed E-state index contributed by atoms with van der Waals surface area (Å²) in [6, 6.07) is 13.7. The lowest BCUT2D eigenvalue weighted by molar-refractivity contribution is -0.150. The molecule has 0 saturated carbocycles. The van der Waals surface area contributed by atoms with Gasteiger partial charge in [-0.05, 0) is 50.2 Å². The van der Waals surface area contributed by atoms with Crippen molar-refractivity contribution in [2.75, 3.05) is 19.0 Å². The van der Waals surface area contributed by atoms with Gasteiger partial charge < -0.3 is 19.5 Å². The fraction of sp³-hybridized carbons (Fsp3) is 0.263. The molecule has 1 atom stereocenters. The molecule has 0 aliphatic rings. The van der Waals surface area contributed by atoms with Gasteiger partial charge in [0.15, 0.2) is 6.10 Å². The molecule has 2 aromatic rings. The van der Waals surface area contributed by atoms with Crippen LogP contribution in [-0.2, 0) is 9.53 Å². The van der Waals surface area contributed by atoms with Crippen molar-refractivity contribution in [3.05, 3.63) is 54.1 Å². The quantitative estimate of drug-likeness (QED) is 0.781. The molecular formula is C19H21NO5. The van der Waals surface area contributed by atoms with E-state index in [-0.39, 0.29) is 5.91 Å². The highest BCUT2D eigenvalue weighted by Crippen LogP contribution is 2.24. The molecule has 6 nitrogen and oxygen atoms in total. The molecule has 0 aliphatic heterocycles. The van der Waals surface area contributed by atoms with Crippen molar-refractivity contribution < 1.29 is 23.8 Å². The zero-order chi connectivity index (χ0) is 18.2. The topological polar surface area (TPSA) is 73.9 Å². The number of ether oxygens (including phenoxy) is 3. The molecule has 0 radical (unpaired) electrons. The van der Waals surface area contributed by atoms with Crippen LogP contribution in [0.2, 0.25) is 0 Å². The number of benzene rings is 2. The Morgan fingerprint density at radius 2 is 1.76 bits per heavy atom. The molecule has 132 valence electrons. The normalized spacial score (nSPS) is 11.3. The molecule has 1 amide bonds. The Morgan fingerprint density at radius 1 is 1.08 bits per heavy atom. The summed E-state index contributed by atoms with van der Waals surface area (Å²) < 4.78 is 15.6. The van der Waals surface area contributed by atoms with Gasteiger partial charge in [0.25, 0.3) is 5.91 Å². The van der Waals surface area contributed by atoms with Gasteiger partial charge in [-0.3, -0.25) is 4.79 Å². The molecule has 0 aliphatic carbocycles. The molecule has 2 aromatic carbocycles. The second-order valence-corrected chi connectivity index (χ2v) is 5.19. The molecule has 25 heavy (non-hydrogen) atoms. The standard InChI is InChI=1S/C19H21NO5/c1-4-24-19(22)13(2)25-15-11-9-14(10-12-15)18(21)20-16-7-5-6-8-17(16)23-3/h5-13H,4H2,1-3H3,(H,20,21). The van der Waals surface area contributed by atoms with E-state index in [9.17, 15) is 9.59 Å². The minimum Gasteiger partial charge on any atom is -0.495 e. The average molecular weight is 343 g/mol. The number of anilines is 1. The third-order valence-electron chi connectivity index (χ3n) is 3.40. The Morgan fingerprint density at radius 3 is 2.40 bits per heavy atom. The number of hydrogen-bond acceptors (Lipinski definition) is 5. The number of rotatable bonds is 7. The van der Waals surface area contributed by atoms with Gasteiger partial charge in [-0.2, -0.15) is 0 Å². The SMILES string of the molecule is CCOC(=O)C(C)Oc1ccc(C(=O)Nc2ccccc2OC)cc1. The van der Waals surface area contributed by atoms with Gasteiger partial charge in [0.05, 0.1) is 19.4 Å². The molecule has 0 spiro atoms. The summed E-state index contributed by atoms with van der Waals surface area (Å²) in [5, 5.41) is 2.79. The van der Waals surface area contributed by atoms with Gasteiger partial charge in [-0.1, -0.05) is 12.1 Å². The van der Waals surface area contributed by atoms with Gasteiger partial charge in [0.1, 0.15) is 11.5 Å². The van der Waals surface area contributed by atoms with E-state index in [0.29, 0.717) is 29.4 Å². The van der Waals surface area contributed by atoms with E-state index < -0.39 is 12.1 Å². The van der Waals surface area contributed by atoms with Gasteiger partial charge in [0.2, 0.25) is 0 Å². The zero-order valence-electron chi connectivity index (χ0n) is 14.4. The van der Waals surface area contributed by atoms with E-state index in [1.807, 2.05) is 12.1 Å². The second-order valence-electron chi connectivity index (χ2n) is 5.19. The first kappa shape index (κ1) is 18.3. The summed E-state index contributed by atoms with van der Waals surface area (Å²) >= 11 is 0. The van der Waals surface area contributed by atoms with E-state index in [1.54, 1.807) is 57.4 Å². The molecule has 2 rings (SSSR count). The van der Waals surface area contributed by atoms with Crippen molar-refractivity contribution in [3.63, 3.8) is 0 Å². The van der Waals surface area contributed by atoms with Crippen LogP contribution in [0.5, 0.6) is 11.5 Å². The number of amides is 1.